The molecule has 2 fully saturated rings. The summed E-state index contributed by atoms with van der Waals surface area (Å²) in [7, 11) is 0. The van der Waals surface area contributed by atoms with Crippen molar-refractivity contribution in [3.05, 3.63) is 47.8 Å². The molecule has 3 nitrogen and oxygen atoms in total. The van der Waals surface area contributed by atoms with Crippen molar-refractivity contribution in [3.63, 3.8) is 0 Å². The number of ether oxygens (including phenoxy) is 2. The van der Waals surface area contributed by atoms with E-state index in [0.29, 0.717) is 43.0 Å². The zero-order chi connectivity index (χ0) is 16.9. The molecule has 0 aromatic heterocycles. The Bertz CT molecular complexity index is 544. The number of benzene rings is 1. The molecule has 2 aliphatic rings. The minimum Gasteiger partial charge on any atom is -0.396 e. The molecule has 4 heteroatoms. The first kappa shape index (κ1) is 17.6. The van der Waals surface area contributed by atoms with Gasteiger partial charge in [0.05, 0.1) is 13.2 Å². The lowest BCUT2D eigenvalue weighted by molar-refractivity contribution is -0.222. The minimum atomic E-state index is -0.196. The van der Waals surface area contributed by atoms with Crippen molar-refractivity contribution >= 4 is 0 Å². The Morgan fingerprint density at radius 2 is 1.88 bits per heavy atom. The molecule has 1 aliphatic heterocycles. The summed E-state index contributed by atoms with van der Waals surface area (Å²) >= 11 is 0. The largest absolute Gasteiger partial charge is 0.396 e. The van der Waals surface area contributed by atoms with Crippen LogP contribution in [0.3, 0.4) is 0 Å². The molecule has 0 amide bonds. The van der Waals surface area contributed by atoms with Gasteiger partial charge in [-0.3, -0.25) is 0 Å². The van der Waals surface area contributed by atoms with Crippen LogP contribution in [0.2, 0.25) is 0 Å². The minimum absolute atomic E-state index is 0.0184. The molecule has 0 bridgehead atoms. The van der Waals surface area contributed by atoms with Crippen LogP contribution >= 0.6 is 0 Å². The molecule has 24 heavy (non-hydrogen) atoms. The predicted octanol–water partition coefficient (Wildman–Crippen LogP) is 3.81. The van der Waals surface area contributed by atoms with Gasteiger partial charge in [-0.2, -0.15) is 0 Å². The van der Waals surface area contributed by atoms with Crippen LogP contribution in [0, 0.1) is 17.7 Å². The summed E-state index contributed by atoms with van der Waals surface area (Å²) in [5.74, 6) is 0.949. The standard InChI is InChI=1S/C20H27FO3/c1-2-14-12-23-20(24-13-14)17-6-3-15(4-7-17)18-8-5-16(9-10-22)19(21)11-18/h2,5,8,11,14-15,17,20,22H,1,3-4,6-7,9-10,12-13H2. The first-order chi connectivity index (χ1) is 11.7. The van der Waals surface area contributed by atoms with Crippen LogP contribution in [0.4, 0.5) is 4.39 Å². The van der Waals surface area contributed by atoms with E-state index in [1.54, 1.807) is 6.07 Å². The highest BCUT2D eigenvalue weighted by atomic mass is 19.1. The molecule has 0 spiro atoms. The highest BCUT2D eigenvalue weighted by molar-refractivity contribution is 5.27. The van der Waals surface area contributed by atoms with Crippen molar-refractivity contribution in [2.24, 2.45) is 11.8 Å². The third kappa shape index (κ3) is 4.05. The van der Waals surface area contributed by atoms with Gasteiger partial charge >= 0.3 is 0 Å². The van der Waals surface area contributed by atoms with Crippen molar-refractivity contribution in [2.45, 2.75) is 44.3 Å². The second-order valence-electron chi connectivity index (χ2n) is 6.97. The Hall–Kier alpha value is -1.23. The Morgan fingerprint density at radius 1 is 1.17 bits per heavy atom. The van der Waals surface area contributed by atoms with Gasteiger partial charge in [0, 0.05) is 18.4 Å². The number of aliphatic hydroxyl groups excluding tert-OH is 1. The van der Waals surface area contributed by atoms with Gasteiger partial charge in [-0.1, -0.05) is 18.2 Å². The van der Waals surface area contributed by atoms with Crippen molar-refractivity contribution in [3.8, 4) is 0 Å². The van der Waals surface area contributed by atoms with Gasteiger partial charge in [-0.25, -0.2) is 4.39 Å². The maximum Gasteiger partial charge on any atom is 0.160 e. The molecular formula is C20H27FO3. The molecule has 1 heterocycles. The van der Waals surface area contributed by atoms with Gasteiger partial charge in [0.2, 0.25) is 0 Å². The van der Waals surface area contributed by atoms with Crippen molar-refractivity contribution in [1.82, 2.24) is 0 Å². The first-order valence-corrected chi connectivity index (χ1v) is 8.96. The number of halogens is 1. The van der Waals surface area contributed by atoms with Crippen LogP contribution in [-0.4, -0.2) is 31.2 Å². The Labute approximate surface area is 143 Å². The monoisotopic (exact) mass is 334 g/mol. The fraction of sp³-hybridized carbons (Fsp3) is 0.600. The van der Waals surface area contributed by atoms with E-state index in [0.717, 1.165) is 31.2 Å². The molecule has 132 valence electrons. The molecule has 1 saturated carbocycles. The van der Waals surface area contributed by atoms with E-state index < -0.39 is 0 Å². The maximum atomic E-state index is 14.1. The highest BCUT2D eigenvalue weighted by Crippen LogP contribution is 2.39. The van der Waals surface area contributed by atoms with Crippen LogP contribution in [0.1, 0.15) is 42.7 Å². The third-order valence-electron chi connectivity index (χ3n) is 5.37. The van der Waals surface area contributed by atoms with E-state index in [9.17, 15) is 4.39 Å². The smallest absolute Gasteiger partial charge is 0.160 e. The van der Waals surface area contributed by atoms with Crippen molar-refractivity contribution in [1.29, 1.82) is 0 Å². The molecule has 0 radical (unpaired) electrons. The van der Waals surface area contributed by atoms with Gasteiger partial charge in [0.15, 0.2) is 6.29 Å². The van der Waals surface area contributed by atoms with E-state index in [1.807, 2.05) is 18.2 Å². The number of rotatable bonds is 5. The van der Waals surface area contributed by atoms with E-state index in [4.69, 9.17) is 14.6 Å². The van der Waals surface area contributed by atoms with Gasteiger partial charge in [0.25, 0.3) is 0 Å². The first-order valence-electron chi connectivity index (χ1n) is 8.96. The summed E-state index contributed by atoms with van der Waals surface area (Å²) in [6.07, 6.45) is 6.35. The molecule has 1 saturated heterocycles. The lowest BCUT2D eigenvalue weighted by atomic mass is 9.78. The lowest BCUT2D eigenvalue weighted by Crippen LogP contribution is -2.37. The van der Waals surface area contributed by atoms with Gasteiger partial charge in [-0.05, 0) is 55.2 Å². The second kappa shape index (κ2) is 8.24. The highest BCUT2D eigenvalue weighted by Gasteiger charge is 2.32. The summed E-state index contributed by atoms with van der Waals surface area (Å²) in [4.78, 5) is 0. The summed E-state index contributed by atoms with van der Waals surface area (Å²) in [5.41, 5.74) is 1.67. The molecule has 1 aromatic carbocycles. The lowest BCUT2D eigenvalue weighted by Gasteiger charge is -2.37. The van der Waals surface area contributed by atoms with Crippen LogP contribution in [0.15, 0.2) is 30.9 Å². The number of hydrogen-bond donors (Lipinski definition) is 1. The summed E-state index contributed by atoms with van der Waals surface area (Å²) in [5, 5.41) is 8.95. The van der Waals surface area contributed by atoms with Crippen molar-refractivity contribution < 1.29 is 19.0 Å². The molecule has 3 rings (SSSR count). The normalized spacial score (nSPS) is 30.9. The predicted molar refractivity (Wildman–Crippen MR) is 91.3 cm³/mol. The van der Waals surface area contributed by atoms with E-state index >= 15 is 0 Å². The zero-order valence-corrected chi connectivity index (χ0v) is 14.1. The van der Waals surface area contributed by atoms with Crippen LogP contribution in [0.25, 0.3) is 0 Å². The van der Waals surface area contributed by atoms with Crippen LogP contribution < -0.4 is 0 Å². The molecule has 0 unspecified atom stereocenters. The fourth-order valence-corrected chi connectivity index (χ4v) is 3.81. The zero-order valence-electron chi connectivity index (χ0n) is 14.1. The molecular weight excluding hydrogens is 307 g/mol. The summed E-state index contributed by atoms with van der Waals surface area (Å²) in [6.45, 7) is 5.17. The molecule has 1 aromatic rings. The fourth-order valence-electron chi connectivity index (χ4n) is 3.81. The SMILES string of the molecule is C=CC1COC(C2CCC(c3ccc(CCO)c(F)c3)CC2)OC1. The molecule has 1 N–H and O–H groups in total. The Kier molecular flexibility index (Phi) is 6.04. The van der Waals surface area contributed by atoms with Gasteiger partial charge in [0.1, 0.15) is 5.82 Å². The second-order valence-corrected chi connectivity index (χ2v) is 6.97. The van der Waals surface area contributed by atoms with Gasteiger partial charge in [-0.15, -0.1) is 6.58 Å². The average molecular weight is 334 g/mol. The van der Waals surface area contributed by atoms with Crippen molar-refractivity contribution in [2.75, 3.05) is 19.8 Å². The van der Waals surface area contributed by atoms with E-state index in [1.165, 1.54) is 0 Å². The van der Waals surface area contributed by atoms with Crippen LogP contribution in [-0.2, 0) is 15.9 Å². The van der Waals surface area contributed by atoms with Gasteiger partial charge < -0.3 is 14.6 Å². The van der Waals surface area contributed by atoms with Crippen LogP contribution in [0.5, 0.6) is 0 Å². The number of hydrogen-bond acceptors (Lipinski definition) is 3. The molecule has 0 atom stereocenters. The summed E-state index contributed by atoms with van der Waals surface area (Å²) < 4.78 is 25.8. The Morgan fingerprint density at radius 3 is 2.46 bits per heavy atom. The topological polar surface area (TPSA) is 38.7 Å². The number of aliphatic hydroxyl groups is 1. The quantitative estimate of drug-likeness (QED) is 0.832. The maximum absolute atomic E-state index is 14.1. The van der Waals surface area contributed by atoms with E-state index in [-0.39, 0.29) is 18.7 Å². The Balaban J connectivity index is 1.53. The van der Waals surface area contributed by atoms with E-state index in [2.05, 4.69) is 6.58 Å². The average Bonchev–Trinajstić information content (AvgIpc) is 2.64. The third-order valence-corrected chi connectivity index (χ3v) is 5.37. The summed E-state index contributed by atoms with van der Waals surface area (Å²) in [6, 6.07) is 5.48. The molecule has 1 aliphatic carbocycles.